The van der Waals surface area contributed by atoms with Crippen molar-refractivity contribution in [1.82, 2.24) is 0 Å². The molecule has 0 aliphatic carbocycles. The Balaban J connectivity index is 4.21. The molecule has 70 valence electrons. The summed E-state index contributed by atoms with van der Waals surface area (Å²) in [6.07, 6.45) is 1.09. The Morgan fingerprint density at radius 1 is 1.58 bits per heavy atom. The monoisotopic (exact) mass is 172 g/mol. The average Bonchev–Trinajstić information content (AvgIpc) is 2.04. The zero-order chi connectivity index (χ0) is 9.78. The van der Waals surface area contributed by atoms with Gasteiger partial charge in [0.05, 0.1) is 0 Å². The van der Waals surface area contributed by atoms with Crippen molar-refractivity contribution in [3.63, 3.8) is 0 Å². The molecule has 3 nitrogen and oxygen atoms in total. The van der Waals surface area contributed by atoms with Crippen molar-refractivity contribution in [3.05, 3.63) is 12.2 Å². The molecule has 0 saturated heterocycles. The first-order valence-electron chi connectivity index (χ1n) is 3.97. The molecule has 0 rings (SSSR count). The second kappa shape index (κ2) is 4.26. The molecule has 0 aromatic heterocycles. The van der Waals surface area contributed by atoms with Crippen LogP contribution in [0.5, 0.6) is 0 Å². The Bertz CT molecular complexity index is 180. The van der Waals surface area contributed by atoms with E-state index in [1.54, 1.807) is 0 Å². The highest BCUT2D eigenvalue weighted by Crippen LogP contribution is 2.28. The lowest BCUT2D eigenvalue weighted by Gasteiger charge is -2.25. The number of hydrogen-bond donors (Lipinski definition) is 2. The van der Waals surface area contributed by atoms with Gasteiger partial charge in [-0.1, -0.05) is 20.4 Å². The average molecular weight is 172 g/mol. The van der Waals surface area contributed by atoms with Gasteiger partial charge in [-0.25, -0.2) is 4.79 Å². The smallest absolute Gasteiger partial charge is 0.330 e. The maximum absolute atomic E-state index is 10.4. The molecular formula is C9H16O3. The molecular weight excluding hydrogens is 156 g/mol. The maximum Gasteiger partial charge on any atom is 0.330 e. The van der Waals surface area contributed by atoms with Crippen LogP contribution < -0.4 is 0 Å². The molecule has 0 saturated carbocycles. The van der Waals surface area contributed by atoms with Gasteiger partial charge in [0.25, 0.3) is 0 Å². The number of rotatable bonds is 5. The molecule has 0 spiro atoms. The molecule has 12 heavy (non-hydrogen) atoms. The summed E-state index contributed by atoms with van der Waals surface area (Å²) in [6, 6.07) is 0. The van der Waals surface area contributed by atoms with E-state index in [1.807, 2.05) is 13.8 Å². The van der Waals surface area contributed by atoms with E-state index in [-0.39, 0.29) is 17.6 Å². The van der Waals surface area contributed by atoms with Crippen LogP contribution in [0.15, 0.2) is 12.2 Å². The third kappa shape index (κ3) is 3.05. The molecule has 0 aliphatic heterocycles. The van der Waals surface area contributed by atoms with E-state index in [9.17, 15) is 4.79 Å². The van der Waals surface area contributed by atoms with Gasteiger partial charge in [-0.05, 0) is 18.3 Å². The van der Waals surface area contributed by atoms with Gasteiger partial charge in [-0.15, -0.1) is 0 Å². The zero-order valence-corrected chi connectivity index (χ0v) is 7.63. The van der Waals surface area contributed by atoms with Crippen molar-refractivity contribution in [1.29, 1.82) is 0 Å². The first-order chi connectivity index (χ1) is 5.45. The molecule has 0 bridgehead atoms. The van der Waals surface area contributed by atoms with Crippen LogP contribution in [-0.4, -0.2) is 22.8 Å². The number of carboxylic acids is 1. The molecule has 0 heterocycles. The quantitative estimate of drug-likeness (QED) is 0.617. The van der Waals surface area contributed by atoms with Crippen LogP contribution in [0.25, 0.3) is 0 Å². The summed E-state index contributed by atoms with van der Waals surface area (Å²) in [5.74, 6) is -0.983. The summed E-state index contributed by atoms with van der Waals surface area (Å²) in [4.78, 5) is 10.4. The highest BCUT2D eigenvalue weighted by Gasteiger charge is 2.24. The second-order valence-corrected chi connectivity index (χ2v) is 3.41. The predicted octanol–water partition coefficient (Wildman–Crippen LogP) is 1.43. The number of aliphatic hydroxyl groups excluding tert-OH is 1. The number of carboxylic acid groups (broad SMARTS) is 1. The van der Waals surface area contributed by atoms with Crippen LogP contribution in [0.4, 0.5) is 0 Å². The third-order valence-electron chi connectivity index (χ3n) is 2.18. The van der Waals surface area contributed by atoms with E-state index in [4.69, 9.17) is 10.2 Å². The lowest BCUT2D eigenvalue weighted by Crippen LogP contribution is -2.22. The molecule has 1 atom stereocenters. The largest absolute Gasteiger partial charge is 0.478 e. The van der Waals surface area contributed by atoms with Crippen molar-refractivity contribution < 1.29 is 15.0 Å². The minimum absolute atomic E-state index is 0.00417. The fourth-order valence-electron chi connectivity index (χ4n) is 0.883. The Labute approximate surface area is 72.7 Å². The number of aliphatic hydroxyl groups is 1. The van der Waals surface area contributed by atoms with Gasteiger partial charge in [-0.3, -0.25) is 0 Å². The fourth-order valence-corrected chi connectivity index (χ4v) is 0.883. The molecule has 0 radical (unpaired) electrons. The van der Waals surface area contributed by atoms with Crippen LogP contribution in [0.1, 0.15) is 26.7 Å². The zero-order valence-electron chi connectivity index (χ0n) is 7.63. The van der Waals surface area contributed by atoms with Crippen molar-refractivity contribution in [2.45, 2.75) is 26.7 Å². The molecule has 0 amide bonds. The minimum atomic E-state index is -0.983. The molecule has 0 fully saturated rings. The van der Waals surface area contributed by atoms with Crippen LogP contribution in [0.2, 0.25) is 0 Å². The Morgan fingerprint density at radius 2 is 2.08 bits per heavy atom. The lowest BCUT2D eigenvalue weighted by atomic mass is 9.82. The summed E-state index contributed by atoms with van der Waals surface area (Å²) < 4.78 is 0. The fraction of sp³-hybridized carbons (Fsp3) is 0.667. The first kappa shape index (κ1) is 11.2. The molecule has 0 aliphatic rings. The van der Waals surface area contributed by atoms with Gasteiger partial charge in [0.2, 0.25) is 0 Å². The SMILES string of the molecule is C=C(CC(C)(CC)CO)C(=O)O. The topological polar surface area (TPSA) is 57.5 Å². The summed E-state index contributed by atoms with van der Waals surface area (Å²) in [5, 5.41) is 17.5. The Hall–Kier alpha value is -0.830. The minimum Gasteiger partial charge on any atom is -0.478 e. The Morgan fingerprint density at radius 3 is 2.33 bits per heavy atom. The van der Waals surface area contributed by atoms with Crippen LogP contribution in [-0.2, 0) is 4.79 Å². The summed E-state index contributed by atoms with van der Waals surface area (Å²) in [5.41, 5.74) is -0.177. The van der Waals surface area contributed by atoms with E-state index in [0.29, 0.717) is 6.42 Å². The van der Waals surface area contributed by atoms with Crippen molar-refractivity contribution >= 4 is 5.97 Å². The van der Waals surface area contributed by atoms with Gasteiger partial charge in [0, 0.05) is 12.2 Å². The van der Waals surface area contributed by atoms with E-state index in [0.717, 1.165) is 6.42 Å². The van der Waals surface area contributed by atoms with Crippen molar-refractivity contribution in [2.24, 2.45) is 5.41 Å². The Kier molecular flexibility index (Phi) is 3.96. The van der Waals surface area contributed by atoms with Crippen molar-refractivity contribution in [3.8, 4) is 0 Å². The van der Waals surface area contributed by atoms with Crippen molar-refractivity contribution in [2.75, 3.05) is 6.61 Å². The molecule has 0 aromatic carbocycles. The lowest BCUT2D eigenvalue weighted by molar-refractivity contribution is -0.133. The number of carbonyl (C=O) groups is 1. The van der Waals surface area contributed by atoms with E-state index in [1.165, 1.54) is 0 Å². The van der Waals surface area contributed by atoms with Gasteiger partial charge >= 0.3 is 5.97 Å². The maximum atomic E-state index is 10.4. The van der Waals surface area contributed by atoms with Crippen LogP contribution in [0.3, 0.4) is 0 Å². The third-order valence-corrected chi connectivity index (χ3v) is 2.18. The van der Waals surface area contributed by atoms with E-state index in [2.05, 4.69) is 6.58 Å². The molecule has 1 unspecified atom stereocenters. The summed E-state index contributed by atoms with van der Waals surface area (Å²) in [6.45, 7) is 7.19. The summed E-state index contributed by atoms with van der Waals surface area (Å²) in [7, 11) is 0. The van der Waals surface area contributed by atoms with E-state index < -0.39 is 5.97 Å². The molecule has 2 N–H and O–H groups in total. The summed E-state index contributed by atoms with van der Waals surface area (Å²) >= 11 is 0. The van der Waals surface area contributed by atoms with Gasteiger partial charge in [0.1, 0.15) is 0 Å². The molecule has 3 heteroatoms. The second-order valence-electron chi connectivity index (χ2n) is 3.41. The van der Waals surface area contributed by atoms with Gasteiger partial charge in [-0.2, -0.15) is 0 Å². The number of aliphatic carboxylic acids is 1. The predicted molar refractivity (Wildman–Crippen MR) is 46.9 cm³/mol. The molecule has 0 aromatic rings. The van der Waals surface area contributed by atoms with Crippen LogP contribution in [0, 0.1) is 5.41 Å². The first-order valence-corrected chi connectivity index (χ1v) is 3.97. The van der Waals surface area contributed by atoms with Gasteiger partial charge < -0.3 is 10.2 Å². The normalized spacial score (nSPS) is 15.2. The standard InChI is InChI=1S/C9H16O3/c1-4-9(3,6-10)5-7(2)8(11)12/h10H,2,4-6H2,1,3H3,(H,11,12). The number of hydrogen-bond acceptors (Lipinski definition) is 2. The highest BCUT2D eigenvalue weighted by atomic mass is 16.4. The van der Waals surface area contributed by atoms with E-state index >= 15 is 0 Å². The van der Waals surface area contributed by atoms with Gasteiger partial charge in [0.15, 0.2) is 0 Å². The highest BCUT2D eigenvalue weighted by molar-refractivity contribution is 5.85. The van der Waals surface area contributed by atoms with Crippen LogP contribution >= 0.6 is 0 Å².